The molecule has 0 radical (unpaired) electrons. The van der Waals surface area contributed by atoms with Gasteiger partial charge in [-0.05, 0) is 57.5 Å². The summed E-state index contributed by atoms with van der Waals surface area (Å²) < 4.78 is 0. The zero-order chi connectivity index (χ0) is 21.3. The van der Waals surface area contributed by atoms with E-state index in [1.54, 1.807) is 42.5 Å². The molecule has 8 nitrogen and oxygen atoms in total. The molecular weight excluding hydrogens is 402 g/mol. The molecule has 2 fully saturated rings. The highest BCUT2D eigenvalue weighted by Crippen LogP contribution is 2.27. The number of carbonyl (C=O) groups is 3. The summed E-state index contributed by atoms with van der Waals surface area (Å²) in [6.07, 6.45) is 1.59. The van der Waals surface area contributed by atoms with Crippen LogP contribution in [0, 0.1) is 12.8 Å². The van der Waals surface area contributed by atoms with Gasteiger partial charge in [-0.15, -0.1) is 11.3 Å². The SMILES string of the molecule is Cc1nc(CN2CCC(C(=O)Nc3cccc(C4(C)NC(=O)NC4=O)c3)CC2)cs1. The largest absolute Gasteiger partial charge is 0.326 e. The Morgan fingerprint density at radius 2 is 2.10 bits per heavy atom. The van der Waals surface area contributed by atoms with E-state index in [2.05, 4.69) is 31.2 Å². The summed E-state index contributed by atoms with van der Waals surface area (Å²) in [5.41, 5.74) is 1.19. The molecule has 1 atom stereocenters. The van der Waals surface area contributed by atoms with Crippen LogP contribution in [0.15, 0.2) is 29.6 Å². The molecule has 9 heteroatoms. The number of hydrogen-bond donors (Lipinski definition) is 3. The third-order valence-corrected chi connectivity index (χ3v) is 6.59. The number of carbonyl (C=O) groups excluding carboxylic acids is 3. The van der Waals surface area contributed by atoms with Crippen molar-refractivity contribution in [2.75, 3.05) is 18.4 Å². The summed E-state index contributed by atoms with van der Waals surface area (Å²) in [6, 6.07) is 6.55. The highest BCUT2D eigenvalue weighted by atomic mass is 32.1. The van der Waals surface area contributed by atoms with E-state index in [9.17, 15) is 14.4 Å². The first-order valence-electron chi connectivity index (χ1n) is 10.0. The fraction of sp³-hybridized carbons (Fsp3) is 0.429. The monoisotopic (exact) mass is 427 g/mol. The lowest BCUT2D eigenvalue weighted by atomic mass is 9.91. The van der Waals surface area contributed by atoms with Crippen molar-refractivity contribution in [1.29, 1.82) is 0 Å². The fourth-order valence-electron chi connectivity index (χ4n) is 3.96. The number of imide groups is 1. The number of benzene rings is 1. The van der Waals surface area contributed by atoms with Gasteiger partial charge in [0.25, 0.3) is 5.91 Å². The Kier molecular flexibility index (Phi) is 5.57. The molecule has 2 aliphatic heterocycles. The smallest absolute Gasteiger partial charge is 0.322 e. The molecule has 0 spiro atoms. The molecule has 1 aromatic heterocycles. The van der Waals surface area contributed by atoms with E-state index < -0.39 is 17.5 Å². The molecule has 2 saturated heterocycles. The van der Waals surface area contributed by atoms with Crippen molar-refractivity contribution in [3.05, 3.63) is 45.9 Å². The summed E-state index contributed by atoms with van der Waals surface area (Å²) in [7, 11) is 0. The van der Waals surface area contributed by atoms with E-state index >= 15 is 0 Å². The van der Waals surface area contributed by atoms with Crippen molar-refractivity contribution in [2.24, 2.45) is 5.92 Å². The van der Waals surface area contributed by atoms with Gasteiger partial charge in [-0.2, -0.15) is 0 Å². The van der Waals surface area contributed by atoms with E-state index in [-0.39, 0.29) is 11.8 Å². The van der Waals surface area contributed by atoms with Gasteiger partial charge in [0.05, 0.1) is 10.7 Å². The Labute approximate surface area is 179 Å². The Bertz CT molecular complexity index is 983. The first kappa shape index (κ1) is 20.5. The Hall–Kier alpha value is -2.78. The molecule has 4 rings (SSSR count). The van der Waals surface area contributed by atoms with Crippen LogP contribution in [0.25, 0.3) is 0 Å². The summed E-state index contributed by atoms with van der Waals surface area (Å²) in [6.45, 7) is 6.20. The maximum absolute atomic E-state index is 12.8. The average molecular weight is 428 g/mol. The number of nitrogens with zero attached hydrogens (tertiary/aromatic N) is 2. The van der Waals surface area contributed by atoms with Crippen LogP contribution in [0.3, 0.4) is 0 Å². The third-order valence-electron chi connectivity index (χ3n) is 5.76. The minimum absolute atomic E-state index is 0.0126. The van der Waals surface area contributed by atoms with Crippen molar-refractivity contribution in [3.63, 3.8) is 0 Å². The third kappa shape index (κ3) is 4.22. The Morgan fingerprint density at radius 3 is 2.73 bits per heavy atom. The van der Waals surface area contributed by atoms with Gasteiger partial charge >= 0.3 is 6.03 Å². The Balaban J connectivity index is 1.35. The van der Waals surface area contributed by atoms with Crippen molar-refractivity contribution in [2.45, 2.75) is 38.8 Å². The van der Waals surface area contributed by atoms with E-state index in [1.165, 1.54) is 0 Å². The maximum Gasteiger partial charge on any atom is 0.322 e. The summed E-state index contributed by atoms with van der Waals surface area (Å²) in [5, 5.41) is 11.0. The predicted octanol–water partition coefficient (Wildman–Crippen LogP) is 2.36. The normalized spacial score (nSPS) is 22.6. The van der Waals surface area contributed by atoms with Crippen molar-refractivity contribution >= 4 is 34.9 Å². The number of rotatable bonds is 5. The van der Waals surface area contributed by atoms with Gasteiger partial charge in [-0.3, -0.25) is 19.8 Å². The van der Waals surface area contributed by atoms with Gasteiger partial charge < -0.3 is 10.6 Å². The van der Waals surface area contributed by atoms with Gasteiger partial charge in [-0.1, -0.05) is 12.1 Å². The molecule has 3 heterocycles. The molecule has 0 aliphatic carbocycles. The Morgan fingerprint density at radius 1 is 1.33 bits per heavy atom. The molecule has 1 unspecified atom stereocenters. The molecule has 158 valence electrons. The molecule has 0 bridgehead atoms. The first-order chi connectivity index (χ1) is 14.3. The lowest BCUT2D eigenvalue weighted by molar-refractivity contribution is -0.123. The number of aryl methyl sites for hydroxylation is 1. The van der Waals surface area contributed by atoms with Crippen LogP contribution >= 0.6 is 11.3 Å². The topological polar surface area (TPSA) is 103 Å². The fourth-order valence-corrected chi connectivity index (χ4v) is 4.57. The molecule has 1 aromatic carbocycles. The number of amides is 4. The van der Waals surface area contributed by atoms with Gasteiger partial charge in [0.1, 0.15) is 5.54 Å². The maximum atomic E-state index is 12.8. The van der Waals surface area contributed by atoms with Crippen LogP contribution < -0.4 is 16.0 Å². The first-order valence-corrected chi connectivity index (χ1v) is 10.9. The standard InChI is InChI=1S/C21H25N5O3S/c1-13-22-17(12-30-13)11-26-8-6-14(7-9-26)18(27)23-16-5-3-4-15(10-16)21(2)19(28)24-20(29)25-21/h3-5,10,12,14H,6-9,11H2,1-2H3,(H,23,27)(H2,24,25,28,29). The molecule has 30 heavy (non-hydrogen) atoms. The van der Waals surface area contributed by atoms with Crippen LogP contribution in [0.2, 0.25) is 0 Å². The number of hydrogen-bond acceptors (Lipinski definition) is 6. The van der Waals surface area contributed by atoms with E-state index in [0.717, 1.165) is 43.2 Å². The molecule has 3 N–H and O–H groups in total. The van der Waals surface area contributed by atoms with Crippen LogP contribution in [-0.2, 0) is 21.7 Å². The average Bonchev–Trinajstić information content (AvgIpc) is 3.24. The minimum Gasteiger partial charge on any atom is -0.326 e. The number of aromatic nitrogens is 1. The van der Waals surface area contributed by atoms with Gasteiger partial charge in [-0.25, -0.2) is 9.78 Å². The second kappa shape index (κ2) is 8.16. The van der Waals surface area contributed by atoms with Gasteiger partial charge in [0, 0.05) is 23.5 Å². The quantitative estimate of drug-likeness (QED) is 0.636. The number of piperidine rings is 1. The number of thiazole rings is 1. The molecule has 2 aromatic rings. The number of anilines is 1. The molecule has 0 saturated carbocycles. The van der Waals surface area contributed by atoms with Gasteiger partial charge in [0.15, 0.2) is 0 Å². The van der Waals surface area contributed by atoms with Crippen LogP contribution in [0.1, 0.15) is 36.0 Å². The summed E-state index contributed by atoms with van der Waals surface area (Å²) in [4.78, 5) is 43.3. The lowest BCUT2D eigenvalue weighted by Crippen LogP contribution is -2.40. The number of urea groups is 1. The summed E-state index contributed by atoms with van der Waals surface area (Å²) in [5.74, 6) is -0.466. The van der Waals surface area contributed by atoms with Crippen LogP contribution in [0.4, 0.5) is 10.5 Å². The second-order valence-electron chi connectivity index (χ2n) is 8.01. The highest BCUT2D eigenvalue weighted by Gasteiger charge is 2.43. The van der Waals surface area contributed by atoms with Crippen LogP contribution in [0.5, 0.6) is 0 Å². The number of likely N-dealkylation sites (tertiary alicyclic amines) is 1. The zero-order valence-electron chi connectivity index (χ0n) is 17.0. The predicted molar refractivity (Wildman–Crippen MR) is 114 cm³/mol. The zero-order valence-corrected chi connectivity index (χ0v) is 17.8. The van der Waals surface area contributed by atoms with Crippen molar-refractivity contribution in [3.8, 4) is 0 Å². The minimum atomic E-state index is -1.14. The van der Waals surface area contributed by atoms with E-state index in [1.807, 2.05) is 6.92 Å². The molecular formula is C21H25N5O3S. The van der Waals surface area contributed by atoms with Crippen molar-refractivity contribution < 1.29 is 14.4 Å². The van der Waals surface area contributed by atoms with Crippen LogP contribution in [-0.4, -0.2) is 40.8 Å². The molecule has 2 aliphatic rings. The highest BCUT2D eigenvalue weighted by molar-refractivity contribution is 7.09. The second-order valence-corrected chi connectivity index (χ2v) is 9.07. The van der Waals surface area contributed by atoms with E-state index in [4.69, 9.17) is 0 Å². The number of nitrogens with one attached hydrogen (secondary N) is 3. The lowest BCUT2D eigenvalue weighted by Gasteiger charge is -2.30. The van der Waals surface area contributed by atoms with Crippen molar-refractivity contribution in [1.82, 2.24) is 20.5 Å². The van der Waals surface area contributed by atoms with E-state index in [0.29, 0.717) is 11.3 Å². The summed E-state index contributed by atoms with van der Waals surface area (Å²) >= 11 is 1.66. The molecule has 4 amide bonds. The van der Waals surface area contributed by atoms with Gasteiger partial charge in [0.2, 0.25) is 5.91 Å².